The fraction of sp³-hybridized carbons (Fsp3) is 0.333. The largest absolute Gasteiger partial charge is 0.457 e. The van der Waals surface area contributed by atoms with Crippen LogP contribution < -0.4 is 10.5 Å². The van der Waals surface area contributed by atoms with Crippen molar-refractivity contribution in [1.82, 2.24) is 0 Å². The molecule has 0 amide bonds. The van der Waals surface area contributed by atoms with Gasteiger partial charge in [-0.05, 0) is 24.3 Å². The van der Waals surface area contributed by atoms with Crippen molar-refractivity contribution in [2.45, 2.75) is 12.5 Å². The Morgan fingerprint density at radius 3 is 2.29 bits per heavy atom. The second kappa shape index (κ2) is 4.74. The van der Waals surface area contributed by atoms with Crippen molar-refractivity contribution in [1.29, 1.82) is 0 Å². The zero-order chi connectivity index (χ0) is 10.6. The van der Waals surface area contributed by atoms with Gasteiger partial charge in [0.2, 0.25) is 0 Å². The Kier molecular flexibility index (Phi) is 3.62. The van der Waals surface area contributed by atoms with Crippen LogP contribution in [0.4, 0.5) is 18.9 Å². The van der Waals surface area contributed by atoms with Gasteiger partial charge in [-0.15, -0.1) is 0 Å². The molecule has 0 saturated heterocycles. The highest BCUT2D eigenvalue weighted by Gasteiger charge is 2.21. The number of hydrogen-bond donors (Lipinski definition) is 1. The number of halogens is 3. The molecule has 1 rings (SSSR count). The molecule has 0 radical (unpaired) electrons. The first-order valence-electron chi connectivity index (χ1n) is 4.00. The van der Waals surface area contributed by atoms with Gasteiger partial charge in [0.05, 0.1) is 0 Å². The second-order valence-electron chi connectivity index (χ2n) is 2.71. The van der Waals surface area contributed by atoms with Crippen molar-refractivity contribution < 1.29 is 17.9 Å². The molecule has 2 N–H and O–H groups in total. The van der Waals surface area contributed by atoms with Crippen LogP contribution in [0.1, 0.15) is 0 Å². The average Bonchev–Trinajstić information content (AvgIpc) is 2.20. The molecule has 0 aliphatic rings. The van der Waals surface area contributed by atoms with Crippen molar-refractivity contribution in [3.63, 3.8) is 0 Å². The van der Waals surface area contributed by atoms with E-state index in [0.717, 1.165) is 0 Å². The maximum atomic E-state index is 12.7. The number of hydrogen-bond acceptors (Lipinski definition) is 2. The molecule has 0 saturated carbocycles. The van der Waals surface area contributed by atoms with Crippen LogP contribution >= 0.6 is 0 Å². The monoisotopic (exact) mass is 205 g/mol. The molecule has 1 aromatic carbocycles. The van der Waals surface area contributed by atoms with E-state index < -0.39 is 19.2 Å². The highest BCUT2D eigenvalue weighted by atomic mass is 19.2. The summed E-state index contributed by atoms with van der Waals surface area (Å²) >= 11 is 0. The van der Waals surface area contributed by atoms with Crippen LogP contribution in [-0.4, -0.2) is 19.2 Å². The molecule has 0 heterocycles. The third kappa shape index (κ3) is 2.83. The Bertz CT molecular complexity index is 278. The van der Waals surface area contributed by atoms with Crippen LogP contribution in [0.25, 0.3) is 0 Å². The Hall–Kier alpha value is -1.39. The number of nitrogen functional groups attached to an aromatic ring is 1. The number of anilines is 1. The zero-order valence-electron chi connectivity index (χ0n) is 7.29. The highest BCUT2D eigenvalue weighted by Crippen LogP contribution is 2.17. The van der Waals surface area contributed by atoms with Crippen LogP contribution in [0.5, 0.6) is 5.75 Å². The predicted octanol–water partition coefficient (Wildman–Crippen LogP) is 2.25. The predicted molar refractivity (Wildman–Crippen MR) is 47.2 cm³/mol. The van der Waals surface area contributed by atoms with E-state index in [1.165, 1.54) is 24.3 Å². The third-order valence-electron chi connectivity index (χ3n) is 1.56. The Morgan fingerprint density at radius 2 is 1.79 bits per heavy atom. The summed E-state index contributed by atoms with van der Waals surface area (Å²) in [5, 5.41) is 0. The summed E-state index contributed by atoms with van der Waals surface area (Å²) < 4.78 is 41.3. The molecule has 2 atom stereocenters. The lowest BCUT2D eigenvalue weighted by molar-refractivity contribution is -0.0147. The summed E-state index contributed by atoms with van der Waals surface area (Å²) in [6, 6.07) is 5.72. The molecule has 0 bridgehead atoms. The lowest BCUT2D eigenvalue weighted by Crippen LogP contribution is -2.25. The number of ether oxygens (including phenoxy) is 1. The van der Waals surface area contributed by atoms with Gasteiger partial charge in [-0.3, -0.25) is 0 Å². The van der Waals surface area contributed by atoms with E-state index in [9.17, 15) is 13.2 Å². The molecule has 0 aliphatic carbocycles. The van der Waals surface area contributed by atoms with E-state index >= 15 is 0 Å². The topological polar surface area (TPSA) is 35.2 Å². The number of nitrogens with two attached hydrogens (primary N) is 1. The SMILES string of the molecule is Nc1ccc(OC(F)C(F)CF)cc1. The molecular formula is C9H10F3NO. The van der Waals surface area contributed by atoms with Crippen molar-refractivity contribution in [2.24, 2.45) is 0 Å². The highest BCUT2D eigenvalue weighted by molar-refractivity contribution is 5.41. The van der Waals surface area contributed by atoms with Gasteiger partial charge in [0, 0.05) is 5.69 Å². The van der Waals surface area contributed by atoms with E-state index in [-0.39, 0.29) is 5.75 Å². The van der Waals surface area contributed by atoms with E-state index in [2.05, 4.69) is 4.74 Å². The minimum atomic E-state index is -2.29. The van der Waals surface area contributed by atoms with Gasteiger partial charge in [-0.2, -0.15) is 4.39 Å². The molecule has 78 valence electrons. The molecule has 2 nitrogen and oxygen atoms in total. The summed E-state index contributed by atoms with van der Waals surface area (Å²) in [4.78, 5) is 0. The summed E-state index contributed by atoms with van der Waals surface area (Å²) in [7, 11) is 0. The van der Waals surface area contributed by atoms with Crippen LogP contribution in [0, 0.1) is 0 Å². The lowest BCUT2D eigenvalue weighted by atomic mass is 10.3. The van der Waals surface area contributed by atoms with Gasteiger partial charge < -0.3 is 10.5 Å². The molecule has 0 fully saturated rings. The second-order valence-corrected chi connectivity index (χ2v) is 2.71. The molecule has 0 spiro atoms. The van der Waals surface area contributed by atoms with E-state index in [1.54, 1.807) is 0 Å². The Morgan fingerprint density at radius 1 is 1.21 bits per heavy atom. The molecule has 0 aliphatic heterocycles. The minimum Gasteiger partial charge on any atom is -0.457 e. The van der Waals surface area contributed by atoms with Crippen LogP contribution in [0.2, 0.25) is 0 Å². The first-order chi connectivity index (χ1) is 6.63. The fourth-order valence-corrected chi connectivity index (χ4v) is 0.820. The number of alkyl halides is 3. The normalized spacial score (nSPS) is 14.8. The lowest BCUT2D eigenvalue weighted by Gasteiger charge is -2.12. The molecule has 2 unspecified atom stereocenters. The smallest absolute Gasteiger partial charge is 0.271 e. The average molecular weight is 205 g/mol. The maximum Gasteiger partial charge on any atom is 0.271 e. The molecular weight excluding hydrogens is 195 g/mol. The van der Waals surface area contributed by atoms with Crippen molar-refractivity contribution >= 4 is 5.69 Å². The van der Waals surface area contributed by atoms with Crippen molar-refractivity contribution in [2.75, 3.05) is 12.4 Å². The molecule has 1 aromatic rings. The van der Waals surface area contributed by atoms with Gasteiger partial charge in [0.15, 0.2) is 6.17 Å². The summed E-state index contributed by atoms with van der Waals surface area (Å²) in [6.45, 7) is -1.41. The molecule has 14 heavy (non-hydrogen) atoms. The summed E-state index contributed by atoms with van der Waals surface area (Å²) in [6.07, 6.45) is -4.55. The van der Waals surface area contributed by atoms with Gasteiger partial charge in [-0.1, -0.05) is 0 Å². The zero-order valence-corrected chi connectivity index (χ0v) is 7.29. The van der Waals surface area contributed by atoms with Crippen LogP contribution in [0.3, 0.4) is 0 Å². The Labute approximate surface area is 79.5 Å². The minimum absolute atomic E-state index is 0.114. The van der Waals surface area contributed by atoms with Gasteiger partial charge >= 0.3 is 0 Å². The maximum absolute atomic E-state index is 12.7. The van der Waals surface area contributed by atoms with Crippen molar-refractivity contribution in [3.05, 3.63) is 24.3 Å². The number of benzene rings is 1. The molecule has 0 aromatic heterocycles. The first kappa shape index (κ1) is 10.7. The molecule has 5 heteroatoms. The number of rotatable bonds is 4. The van der Waals surface area contributed by atoms with E-state index in [1.807, 2.05) is 0 Å². The fourth-order valence-electron chi connectivity index (χ4n) is 0.820. The van der Waals surface area contributed by atoms with E-state index in [0.29, 0.717) is 5.69 Å². The Balaban J connectivity index is 2.56. The standard InChI is InChI=1S/C9H10F3NO/c10-5-8(11)9(12)14-7-3-1-6(13)2-4-7/h1-4,8-9H,5,13H2. The van der Waals surface area contributed by atoms with Crippen molar-refractivity contribution in [3.8, 4) is 5.75 Å². The first-order valence-corrected chi connectivity index (χ1v) is 4.00. The quantitative estimate of drug-likeness (QED) is 0.765. The summed E-state index contributed by atoms with van der Waals surface area (Å²) in [5.41, 5.74) is 5.84. The van der Waals surface area contributed by atoms with E-state index in [4.69, 9.17) is 5.73 Å². The summed E-state index contributed by atoms with van der Waals surface area (Å²) in [5.74, 6) is 0.114. The van der Waals surface area contributed by atoms with Gasteiger partial charge in [-0.25, -0.2) is 8.78 Å². The van der Waals surface area contributed by atoms with Gasteiger partial charge in [0.25, 0.3) is 6.36 Å². The van der Waals surface area contributed by atoms with Crippen LogP contribution in [-0.2, 0) is 0 Å². The third-order valence-corrected chi connectivity index (χ3v) is 1.56. The van der Waals surface area contributed by atoms with Gasteiger partial charge in [0.1, 0.15) is 12.4 Å². The van der Waals surface area contributed by atoms with Crippen LogP contribution in [0.15, 0.2) is 24.3 Å².